The molecular weight excluding hydrogens is 795 g/mol. The zero-order valence-electron chi connectivity index (χ0n) is 34.8. The van der Waals surface area contributed by atoms with Crippen LogP contribution in [0.4, 0.5) is 0 Å². The van der Waals surface area contributed by atoms with Crippen molar-refractivity contribution in [3.63, 3.8) is 0 Å². The van der Waals surface area contributed by atoms with Gasteiger partial charge in [-0.1, -0.05) is 158 Å². The van der Waals surface area contributed by atoms with Gasteiger partial charge in [-0.25, -0.2) is 19.9 Å². The molecule has 0 aliphatic carbocycles. The summed E-state index contributed by atoms with van der Waals surface area (Å²) >= 11 is 0. The highest BCUT2D eigenvalue weighted by Crippen LogP contribution is 2.43. The number of nitriles is 2. The minimum Gasteiger partial charge on any atom is -0.308 e. The molecule has 0 aliphatic rings. The fourth-order valence-corrected chi connectivity index (χ4v) is 8.61. The molecule has 0 fully saturated rings. The summed E-state index contributed by atoms with van der Waals surface area (Å²) < 4.78 is 2.26. The standard InChI is InChI=1S/C58H35N7/c59-36-38-16-15-25-44(30-38)45-28-29-55-47(33-45)46-26-13-14-27-54(46)65(55)56-48(53-35-52(42-21-9-3-10-22-42)61-57(64-53)43-23-11-4-12-24-43)31-39(37-60)32-49(56)58-62-50(40-17-5-1-6-18-40)34-51(63-58)41-19-7-2-8-20-41/h1-35H. The van der Waals surface area contributed by atoms with E-state index >= 15 is 0 Å². The first-order valence-corrected chi connectivity index (χ1v) is 21.2. The maximum atomic E-state index is 10.9. The third kappa shape index (κ3) is 7.26. The van der Waals surface area contributed by atoms with Crippen LogP contribution in [0.3, 0.4) is 0 Å². The van der Waals surface area contributed by atoms with Crippen LogP contribution in [-0.2, 0) is 0 Å². The minimum absolute atomic E-state index is 0.426. The number of benzene rings is 8. The van der Waals surface area contributed by atoms with Crippen LogP contribution in [0.5, 0.6) is 0 Å². The first-order chi connectivity index (χ1) is 32.1. The van der Waals surface area contributed by atoms with Crippen molar-refractivity contribution in [1.29, 1.82) is 10.5 Å². The molecule has 0 saturated heterocycles. The molecule has 8 aromatic carbocycles. The second kappa shape index (κ2) is 16.5. The van der Waals surface area contributed by atoms with Gasteiger partial charge in [-0.3, -0.25) is 0 Å². The van der Waals surface area contributed by atoms with E-state index in [1.54, 1.807) is 0 Å². The van der Waals surface area contributed by atoms with Crippen molar-refractivity contribution in [2.75, 3.05) is 0 Å². The Kier molecular flexibility index (Phi) is 9.82. The third-order valence-electron chi connectivity index (χ3n) is 11.7. The molecule has 0 N–H and O–H groups in total. The van der Waals surface area contributed by atoms with Crippen molar-refractivity contribution in [3.05, 3.63) is 223 Å². The summed E-state index contributed by atoms with van der Waals surface area (Å²) in [7, 11) is 0. The maximum Gasteiger partial charge on any atom is 0.162 e. The number of fused-ring (bicyclic) bond motifs is 3. The number of nitrogens with zero attached hydrogens (tertiary/aromatic N) is 7. The van der Waals surface area contributed by atoms with Gasteiger partial charge >= 0.3 is 0 Å². The molecule has 0 unspecified atom stereocenters. The summed E-state index contributed by atoms with van der Waals surface area (Å²) in [5, 5.41) is 22.7. The Hall–Kier alpha value is -9.30. The quantitative estimate of drug-likeness (QED) is 0.151. The lowest BCUT2D eigenvalue weighted by Crippen LogP contribution is -2.06. The zero-order valence-corrected chi connectivity index (χ0v) is 34.8. The summed E-state index contributed by atoms with van der Waals surface area (Å²) in [6, 6.07) is 75.4. The molecule has 0 saturated carbocycles. The number of rotatable bonds is 8. The number of para-hydroxylation sites is 1. The lowest BCUT2D eigenvalue weighted by Gasteiger charge is -2.20. The highest BCUT2D eigenvalue weighted by atomic mass is 15.0. The Morgan fingerprint density at radius 2 is 0.800 bits per heavy atom. The second-order valence-corrected chi connectivity index (χ2v) is 15.7. The molecule has 0 atom stereocenters. The van der Waals surface area contributed by atoms with Gasteiger partial charge < -0.3 is 4.57 Å². The van der Waals surface area contributed by atoms with Crippen LogP contribution in [0.25, 0.3) is 106 Å². The monoisotopic (exact) mass is 829 g/mol. The average molecular weight is 830 g/mol. The zero-order chi connectivity index (χ0) is 43.7. The summed E-state index contributed by atoms with van der Waals surface area (Å²) in [5.41, 5.74) is 13.5. The van der Waals surface area contributed by atoms with E-state index in [2.05, 4.69) is 53.1 Å². The van der Waals surface area contributed by atoms with E-state index in [1.807, 2.05) is 176 Å². The van der Waals surface area contributed by atoms with E-state index in [9.17, 15) is 10.5 Å². The molecule has 7 heteroatoms. The molecule has 65 heavy (non-hydrogen) atoms. The van der Waals surface area contributed by atoms with Crippen LogP contribution in [-0.4, -0.2) is 24.5 Å². The Balaban J connectivity index is 1.28. The first-order valence-electron chi connectivity index (χ1n) is 21.2. The van der Waals surface area contributed by atoms with Crippen LogP contribution in [0.15, 0.2) is 212 Å². The predicted octanol–water partition coefficient (Wildman–Crippen LogP) is 13.8. The molecule has 3 heterocycles. The van der Waals surface area contributed by atoms with Crippen molar-refractivity contribution < 1.29 is 0 Å². The highest BCUT2D eigenvalue weighted by Gasteiger charge is 2.25. The van der Waals surface area contributed by atoms with Crippen molar-refractivity contribution in [3.8, 4) is 96.8 Å². The van der Waals surface area contributed by atoms with E-state index in [0.717, 1.165) is 78.0 Å². The van der Waals surface area contributed by atoms with E-state index < -0.39 is 0 Å². The van der Waals surface area contributed by atoms with Gasteiger partial charge in [-0.2, -0.15) is 10.5 Å². The molecule has 11 aromatic rings. The van der Waals surface area contributed by atoms with Gasteiger partial charge in [0.15, 0.2) is 11.6 Å². The smallest absolute Gasteiger partial charge is 0.162 e. The van der Waals surface area contributed by atoms with E-state index in [1.165, 1.54) is 0 Å². The third-order valence-corrected chi connectivity index (χ3v) is 11.7. The fourth-order valence-electron chi connectivity index (χ4n) is 8.61. The predicted molar refractivity (Wildman–Crippen MR) is 259 cm³/mol. The summed E-state index contributed by atoms with van der Waals surface area (Å²) in [4.78, 5) is 21.2. The largest absolute Gasteiger partial charge is 0.308 e. The van der Waals surface area contributed by atoms with Crippen molar-refractivity contribution in [2.45, 2.75) is 0 Å². The van der Waals surface area contributed by atoms with Gasteiger partial charge in [0.25, 0.3) is 0 Å². The van der Waals surface area contributed by atoms with Crippen LogP contribution in [0.2, 0.25) is 0 Å². The molecule has 3 aromatic heterocycles. The summed E-state index contributed by atoms with van der Waals surface area (Å²) in [6.07, 6.45) is 0. The Bertz CT molecular complexity index is 3400. The van der Waals surface area contributed by atoms with Crippen molar-refractivity contribution in [2.24, 2.45) is 0 Å². The van der Waals surface area contributed by atoms with Crippen LogP contribution in [0.1, 0.15) is 11.1 Å². The van der Waals surface area contributed by atoms with Gasteiger partial charge in [-0.05, 0) is 65.7 Å². The molecule has 0 bridgehead atoms. The molecule has 0 radical (unpaired) electrons. The molecular formula is C58H35N7. The number of hydrogen-bond donors (Lipinski definition) is 0. The molecule has 0 spiro atoms. The molecule has 0 amide bonds. The SMILES string of the molecule is N#Cc1cccc(-c2ccc3c(c2)c2ccccc2n3-c2c(-c3cc(-c4ccccc4)nc(-c4ccccc4)n3)cc(C#N)cc2-c2nc(-c3ccccc3)cc(-c3ccccc3)n2)c1. The van der Waals surface area contributed by atoms with E-state index in [4.69, 9.17) is 19.9 Å². The van der Waals surface area contributed by atoms with E-state index in [-0.39, 0.29) is 0 Å². The van der Waals surface area contributed by atoms with Crippen molar-refractivity contribution in [1.82, 2.24) is 24.5 Å². The lowest BCUT2D eigenvalue weighted by atomic mass is 9.97. The molecule has 302 valence electrons. The van der Waals surface area contributed by atoms with Gasteiger partial charge in [0.2, 0.25) is 0 Å². The van der Waals surface area contributed by atoms with Crippen LogP contribution < -0.4 is 0 Å². The average Bonchev–Trinajstić information content (AvgIpc) is 3.72. The maximum absolute atomic E-state index is 10.9. The van der Waals surface area contributed by atoms with Crippen LogP contribution in [0, 0.1) is 22.7 Å². The first kappa shape index (κ1) is 38.6. The Labute approximate surface area is 375 Å². The van der Waals surface area contributed by atoms with Crippen molar-refractivity contribution >= 4 is 21.8 Å². The van der Waals surface area contributed by atoms with Gasteiger partial charge in [-0.15, -0.1) is 0 Å². The van der Waals surface area contributed by atoms with Gasteiger partial charge in [0.05, 0.1) is 62.8 Å². The van der Waals surface area contributed by atoms with Crippen LogP contribution >= 0.6 is 0 Å². The lowest BCUT2D eigenvalue weighted by molar-refractivity contribution is 1.13. The minimum atomic E-state index is 0.426. The van der Waals surface area contributed by atoms with Gasteiger partial charge in [0.1, 0.15) is 0 Å². The number of aromatic nitrogens is 5. The normalized spacial score (nSPS) is 11.0. The fraction of sp³-hybridized carbons (Fsp3) is 0. The Morgan fingerprint density at radius 3 is 1.42 bits per heavy atom. The highest BCUT2D eigenvalue weighted by molar-refractivity contribution is 6.11. The molecule has 11 rings (SSSR count). The molecule has 0 aliphatic heterocycles. The Morgan fingerprint density at radius 1 is 0.323 bits per heavy atom. The topological polar surface area (TPSA) is 104 Å². The van der Waals surface area contributed by atoms with E-state index in [0.29, 0.717) is 39.6 Å². The number of hydrogen-bond acceptors (Lipinski definition) is 6. The van der Waals surface area contributed by atoms with Gasteiger partial charge in [0, 0.05) is 44.2 Å². The molecule has 7 nitrogen and oxygen atoms in total. The second-order valence-electron chi connectivity index (χ2n) is 15.7. The summed E-state index contributed by atoms with van der Waals surface area (Å²) in [6.45, 7) is 0. The summed E-state index contributed by atoms with van der Waals surface area (Å²) in [5.74, 6) is 1.01.